The minimum Gasteiger partial charge on any atom is -0.491 e. The van der Waals surface area contributed by atoms with Crippen molar-refractivity contribution in [2.24, 2.45) is 0 Å². The average Bonchev–Trinajstić information content (AvgIpc) is 2.38. The van der Waals surface area contributed by atoms with E-state index < -0.39 is 0 Å². The van der Waals surface area contributed by atoms with Gasteiger partial charge in [0.2, 0.25) is 0 Å². The molecule has 1 aliphatic heterocycles. The second kappa shape index (κ2) is 6.12. The number of alkyl halides is 1. The van der Waals surface area contributed by atoms with Gasteiger partial charge in [0.15, 0.2) is 0 Å². The molecule has 0 aromatic heterocycles. The number of ether oxygens (including phenoxy) is 2. The zero-order valence-electron chi connectivity index (χ0n) is 9.32. The van der Waals surface area contributed by atoms with Crippen LogP contribution in [0.15, 0.2) is 24.3 Å². The van der Waals surface area contributed by atoms with Crippen LogP contribution in [0.1, 0.15) is 24.8 Å². The second-order valence-electron chi connectivity index (χ2n) is 4.08. The van der Waals surface area contributed by atoms with Gasteiger partial charge in [0.05, 0.1) is 6.10 Å². The van der Waals surface area contributed by atoms with E-state index in [1.807, 2.05) is 24.3 Å². The first kappa shape index (κ1) is 11.7. The van der Waals surface area contributed by atoms with E-state index in [1.54, 1.807) is 0 Å². The van der Waals surface area contributed by atoms with Gasteiger partial charge in [0, 0.05) is 12.5 Å². The fourth-order valence-corrected chi connectivity index (χ4v) is 2.01. The Balaban J connectivity index is 1.83. The van der Waals surface area contributed by atoms with Gasteiger partial charge < -0.3 is 9.47 Å². The molecular weight excluding hydrogens is 224 g/mol. The molecule has 2 rings (SSSR count). The molecule has 0 radical (unpaired) electrons. The summed E-state index contributed by atoms with van der Waals surface area (Å²) in [5.41, 5.74) is 1.09. The second-order valence-corrected chi connectivity index (χ2v) is 4.35. The Bertz CT molecular complexity index is 321. The maximum Gasteiger partial charge on any atom is 0.119 e. The molecule has 0 bridgehead atoms. The van der Waals surface area contributed by atoms with Crippen LogP contribution in [0, 0.1) is 0 Å². The lowest BCUT2D eigenvalue weighted by Gasteiger charge is -2.22. The smallest absolute Gasteiger partial charge is 0.119 e. The van der Waals surface area contributed by atoms with Crippen molar-refractivity contribution in [3.05, 3.63) is 29.8 Å². The molecule has 1 unspecified atom stereocenters. The van der Waals surface area contributed by atoms with Crippen LogP contribution in [0.2, 0.25) is 0 Å². The van der Waals surface area contributed by atoms with Gasteiger partial charge in [0.1, 0.15) is 12.4 Å². The van der Waals surface area contributed by atoms with Crippen molar-refractivity contribution in [2.45, 2.75) is 31.2 Å². The fraction of sp³-hybridized carbons (Fsp3) is 0.538. The van der Waals surface area contributed by atoms with Crippen LogP contribution < -0.4 is 4.74 Å². The van der Waals surface area contributed by atoms with Crippen LogP contribution in [0.4, 0.5) is 0 Å². The van der Waals surface area contributed by atoms with E-state index in [4.69, 9.17) is 21.1 Å². The van der Waals surface area contributed by atoms with Crippen LogP contribution in [-0.2, 0) is 10.6 Å². The van der Waals surface area contributed by atoms with Gasteiger partial charge in [0.25, 0.3) is 0 Å². The SMILES string of the molecule is ClCc1cccc(OCC2CCCCO2)c1. The number of benzene rings is 1. The first-order valence-corrected chi connectivity index (χ1v) is 6.31. The zero-order chi connectivity index (χ0) is 11.2. The van der Waals surface area contributed by atoms with E-state index in [0.717, 1.165) is 24.3 Å². The first-order valence-electron chi connectivity index (χ1n) is 5.78. The van der Waals surface area contributed by atoms with Crippen molar-refractivity contribution in [3.63, 3.8) is 0 Å². The van der Waals surface area contributed by atoms with Gasteiger partial charge in [-0.25, -0.2) is 0 Å². The molecule has 0 spiro atoms. The Morgan fingerprint density at radius 1 is 1.38 bits per heavy atom. The van der Waals surface area contributed by atoms with Gasteiger partial charge in [-0.3, -0.25) is 0 Å². The van der Waals surface area contributed by atoms with Gasteiger partial charge in [-0.2, -0.15) is 0 Å². The predicted octanol–water partition coefficient (Wildman–Crippen LogP) is 3.37. The predicted molar refractivity (Wildman–Crippen MR) is 65.1 cm³/mol. The molecule has 1 saturated heterocycles. The van der Waals surface area contributed by atoms with Crippen molar-refractivity contribution in [3.8, 4) is 5.75 Å². The lowest BCUT2D eigenvalue weighted by atomic mass is 10.1. The molecule has 1 atom stereocenters. The summed E-state index contributed by atoms with van der Waals surface area (Å²) < 4.78 is 11.3. The fourth-order valence-electron chi connectivity index (χ4n) is 1.85. The van der Waals surface area contributed by atoms with Crippen LogP contribution in [0.5, 0.6) is 5.75 Å². The van der Waals surface area contributed by atoms with E-state index in [2.05, 4.69) is 0 Å². The Hall–Kier alpha value is -0.730. The molecule has 0 amide bonds. The van der Waals surface area contributed by atoms with Crippen molar-refractivity contribution in [1.82, 2.24) is 0 Å². The van der Waals surface area contributed by atoms with Gasteiger partial charge in [-0.15, -0.1) is 11.6 Å². The summed E-state index contributed by atoms with van der Waals surface area (Å²) in [5, 5.41) is 0. The molecule has 0 saturated carbocycles. The Morgan fingerprint density at radius 2 is 2.31 bits per heavy atom. The third kappa shape index (κ3) is 3.39. The highest BCUT2D eigenvalue weighted by Crippen LogP contribution is 2.17. The Kier molecular flexibility index (Phi) is 4.49. The molecule has 1 heterocycles. The van der Waals surface area contributed by atoms with Crippen molar-refractivity contribution in [1.29, 1.82) is 0 Å². The highest BCUT2D eigenvalue weighted by atomic mass is 35.5. The molecule has 1 aliphatic rings. The minimum atomic E-state index is 0.258. The van der Waals surface area contributed by atoms with Gasteiger partial charge in [-0.1, -0.05) is 12.1 Å². The third-order valence-electron chi connectivity index (χ3n) is 2.76. The normalized spacial score (nSPS) is 20.7. The third-order valence-corrected chi connectivity index (χ3v) is 3.07. The van der Waals surface area contributed by atoms with Crippen LogP contribution in [-0.4, -0.2) is 19.3 Å². The summed E-state index contributed by atoms with van der Waals surface area (Å²) in [6, 6.07) is 7.90. The van der Waals surface area contributed by atoms with E-state index in [0.29, 0.717) is 12.5 Å². The molecule has 1 fully saturated rings. The lowest BCUT2D eigenvalue weighted by molar-refractivity contribution is -0.0110. The quantitative estimate of drug-likeness (QED) is 0.752. The topological polar surface area (TPSA) is 18.5 Å². The number of rotatable bonds is 4. The largest absolute Gasteiger partial charge is 0.491 e. The lowest BCUT2D eigenvalue weighted by Crippen LogP contribution is -2.25. The molecule has 88 valence electrons. The first-order chi connectivity index (χ1) is 7.88. The highest BCUT2D eigenvalue weighted by molar-refractivity contribution is 6.17. The van der Waals surface area contributed by atoms with E-state index in [-0.39, 0.29) is 6.10 Å². The summed E-state index contributed by atoms with van der Waals surface area (Å²) in [7, 11) is 0. The van der Waals surface area contributed by atoms with E-state index >= 15 is 0 Å². The van der Waals surface area contributed by atoms with Crippen LogP contribution in [0.3, 0.4) is 0 Å². The maximum atomic E-state index is 5.77. The monoisotopic (exact) mass is 240 g/mol. The van der Waals surface area contributed by atoms with Crippen molar-refractivity contribution >= 4 is 11.6 Å². The summed E-state index contributed by atoms with van der Waals surface area (Å²) in [6.45, 7) is 1.52. The number of hydrogen-bond acceptors (Lipinski definition) is 2. The van der Waals surface area contributed by atoms with Crippen LogP contribution >= 0.6 is 11.6 Å². The Morgan fingerprint density at radius 3 is 3.06 bits per heavy atom. The molecule has 1 aromatic carbocycles. The molecule has 16 heavy (non-hydrogen) atoms. The number of hydrogen-bond donors (Lipinski definition) is 0. The summed E-state index contributed by atoms with van der Waals surface area (Å²) in [6.07, 6.45) is 3.79. The van der Waals surface area contributed by atoms with Crippen LogP contribution in [0.25, 0.3) is 0 Å². The minimum absolute atomic E-state index is 0.258. The molecule has 3 heteroatoms. The number of halogens is 1. The summed E-state index contributed by atoms with van der Waals surface area (Å²) >= 11 is 5.77. The van der Waals surface area contributed by atoms with Crippen molar-refractivity contribution < 1.29 is 9.47 Å². The highest BCUT2D eigenvalue weighted by Gasteiger charge is 2.14. The molecule has 1 aromatic rings. The van der Waals surface area contributed by atoms with Gasteiger partial charge >= 0.3 is 0 Å². The van der Waals surface area contributed by atoms with Crippen molar-refractivity contribution in [2.75, 3.05) is 13.2 Å². The molecular formula is C13H17ClO2. The molecule has 2 nitrogen and oxygen atoms in total. The summed E-state index contributed by atoms with van der Waals surface area (Å²) in [4.78, 5) is 0. The molecule has 0 N–H and O–H groups in total. The average molecular weight is 241 g/mol. The Labute approximate surface area is 102 Å². The van der Waals surface area contributed by atoms with E-state index in [9.17, 15) is 0 Å². The summed E-state index contributed by atoms with van der Waals surface area (Å²) in [5.74, 6) is 1.41. The maximum absolute atomic E-state index is 5.77. The van der Waals surface area contributed by atoms with Gasteiger partial charge in [-0.05, 0) is 37.0 Å². The zero-order valence-corrected chi connectivity index (χ0v) is 10.1. The van der Waals surface area contributed by atoms with E-state index in [1.165, 1.54) is 12.8 Å². The molecule has 0 aliphatic carbocycles. The standard InChI is InChI=1S/C13H17ClO2/c14-9-11-4-3-6-12(8-11)16-10-13-5-1-2-7-15-13/h3-4,6,8,13H,1-2,5,7,9-10H2.